The Labute approximate surface area is 85.7 Å². The zero-order valence-corrected chi connectivity index (χ0v) is 9.75. The first-order valence-electron chi connectivity index (χ1n) is 3.08. The van der Waals surface area contributed by atoms with Crippen LogP contribution in [-0.4, -0.2) is 7.42 Å². The van der Waals surface area contributed by atoms with E-state index in [-0.39, 0.29) is 0 Å². The summed E-state index contributed by atoms with van der Waals surface area (Å²) in [5, 5.41) is 1.90. The molecule has 0 N–H and O–H groups in total. The average Bonchev–Trinajstić information content (AvgIpc) is 2.04. The van der Waals surface area contributed by atoms with Gasteiger partial charge < -0.3 is 0 Å². The highest BCUT2D eigenvalue weighted by Gasteiger charge is 2.10. The van der Waals surface area contributed by atoms with Crippen molar-refractivity contribution < 1.29 is 0 Å². The van der Waals surface area contributed by atoms with Crippen molar-refractivity contribution in [2.75, 3.05) is 0 Å². The van der Waals surface area contributed by atoms with Crippen LogP contribution in [-0.2, 0) is 5.33 Å². The summed E-state index contributed by atoms with van der Waals surface area (Å²) < 4.78 is 0. The molecule has 0 heterocycles. The van der Waals surface area contributed by atoms with E-state index in [1.165, 1.54) is 5.56 Å². The molecular weight excluding hydrogens is 263 g/mol. The molecule has 1 radical (unpaired) electrons. The summed E-state index contributed by atoms with van der Waals surface area (Å²) in [6.07, 6.45) is 0. The molecule has 1 rings (SSSR count). The fourth-order valence-corrected chi connectivity index (χ4v) is 3.31. The minimum absolute atomic E-state index is 0.816. The van der Waals surface area contributed by atoms with E-state index in [9.17, 15) is 0 Å². The Kier molecular flexibility index (Phi) is 3.92. The van der Waals surface area contributed by atoms with Crippen molar-refractivity contribution in [3.8, 4) is 0 Å². The predicted octanol–water partition coefficient (Wildman–Crippen LogP) is 2.75. The van der Waals surface area contributed by atoms with Crippen LogP contribution in [0.5, 0.6) is 0 Å². The quantitative estimate of drug-likeness (QED) is 0.440. The van der Waals surface area contributed by atoms with E-state index in [4.69, 9.17) is 22.2 Å². The van der Waals surface area contributed by atoms with Gasteiger partial charge >= 0.3 is 7.42 Å². The highest BCUT2D eigenvalue weighted by Crippen LogP contribution is 2.07. The molecule has 0 aliphatic rings. The average molecular weight is 269 g/mol. The molecule has 0 saturated carbocycles. The lowest BCUT2D eigenvalue weighted by atomic mass is 10.2. The van der Waals surface area contributed by atoms with Gasteiger partial charge in [-0.05, 0) is 10.8 Å². The van der Waals surface area contributed by atoms with Crippen LogP contribution in [0.4, 0.5) is 0 Å². The van der Waals surface area contributed by atoms with E-state index >= 15 is 0 Å². The fraction of sp³-hybridized carbons (Fsp3) is 0.143. The minimum atomic E-state index is -1.34. The van der Waals surface area contributed by atoms with Crippen LogP contribution in [0.3, 0.4) is 0 Å². The third-order valence-corrected chi connectivity index (χ3v) is 4.09. The van der Waals surface area contributed by atoms with Gasteiger partial charge in [0, 0.05) is 5.33 Å². The second-order valence-electron chi connectivity index (χ2n) is 2.05. The third kappa shape index (κ3) is 2.48. The summed E-state index contributed by atoms with van der Waals surface area (Å²) in [5.41, 5.74) is 1.19. The number of alkyl halides is 1. The van der Waals surface area contributed by atoms with Crippen LogP contribution in [0, 0.1) is 0 Å². The molecule has 0 aromatic heterocycles. The van der Waals surface area contributed by atoms with E-state index in [2.05, 4.69) is 15.9 Å². The number of benzene rings is 1. The van der Waals surface area contributed by atoms with E-state index in [0.29, 0.717) is 0 Å². The molecule has 0 spiro atoms. The molecule has 0 unspecified atom stereocenters. The molecule has 1 aromatic carbocycles. The minimum Gasteiger partial charge on any atom is -0.140 e. The molecule has 11 heavy (non-hydrogen) atoms. The Morgan fingerprint density at radius 3 is 2.36 bits per heavy atom. The van der Waals surface area contributed by atoms with Crippen molar-refractivity contribution in [3.05, 3.63) is 29.8 Å². The Hall–Kier alpha value is 0.497. The first kappa shape index (κ1) is 9.58. The summed E-state index contributed by atoms with van der Waals surface area (Å²) in [5.74, 6) is 0. The highest BCUT2D eigenvalue weighted by molar-refractivity contribution is 9.08. The smallest absolute Gasteiger partial charge is 0.140 e. The largest absolute Gasteiger partial charge is 0.307 e. The van der Waals surface area contributed by atoms with Gasteiger partial charge in [0.05, 0.1) is 0 Å². The summed E-state index contributed by atoms with van der Waals surface area (Å²) in [6.45, 7) is 0. The third-order valence-electron chi connectivity index (χ3n) is 1.36. The summed E-state index contributed by atoms with van der Waals surface area (Å²) in [6, 6.07) is 7.94. The zero-order valence-electron chi connectivity index (χ0n) is 5.65. The molecule has 4 heteroatoms. The van der Waals surface area contributed by atoms with Crippen molar-refractivity contribution in [2.24, 2.45) is 0 Å². The standard InChI is InChI=1S/C7H6BrCl2Si/c8-5-6-3-1-2-4-7(6)11(9)10/h1-4H,5H2. The van der Waals surface area contributed by atoms with Gasteiger partial charge in [0.2, 0.25) is 0 Å². The van der Waals surface area contributed by atoms with Crippen LogP contribution < -0.4 is 5.19 Å². The van der Waals surface area contributed by atoms with Crippen molar-refractivity contribution in [3.63, 3.8) is 0 Å². The Morgan fingerprint density at radius 2 is 1.91 bits per heavy atom. The zero-order chi connectivity index (χ0) is 8.27. The molecule has 0 nitrogen and oxygen atoms in total. The lowest BCUT2D eigenvalue weighted by Crippen LogP contribution is -2.21. The van der Waals surface area contributed by atoms with E-state index in [1.54, 1.807) is 0 Å². The van der Waals surface area contributed by atoms with E-state index in [1.807, 2.05) is 24.3 Å². The Morgan fingerprint density at radius 1 is 1.27 bits per heavy atom. The van der Waals surface area contributed by atoms with Gasteiger partial charge in [-0.25, -0.2) is 0 Å². The number of hydrogen-bond donors (Lipinski definition) is 0. The lowest BCUT2D eigenvalue weighted by molar-refractivity contribution is 1.48. The Bertz CT molecular complexity index is 240. The summed E-state index contributed by atoms with van der Waals surface area (Å²) in [4.78, 5) is 0. The van der Waals surface area contributed by atoms with Crippen LogP contribution in [0.1, 0.15) is 5.56 Å². The molecule has 0 aliphatic carbocycles. The monoisotopic (exact) mass is 267 g/mol. The van der Waals surface area contributed by atoms with E-state index < -0.39 is 7.42 Å². The van der Waals surface area contributed by atoms with Crippen molar-refractivity contribution >= 4 is 50.7 Å². The first-order valence-corrected chi connectivity index (χ1v) is 7.72. The molecule has 0 fully saturated rings. The normalized spacial score (nSPS) is 10.5. The second-order valence-corrected chi connectivity index (χ2v) is 6.52. The number of hydrogen-bond acceptors (Lipinski definition) is 0. The van der Waals surface area contributed by atoms with Gasteiger partial charge in [-0.3, -0.25) is 0 Å². The van der Waals surface area contributed by atoms with Gasteiger partial charge in [0.1, 0.15) is 0 Å². The van der Waals surface area contributed by atoms with Gasteiger partial charge in [-0.15, -0.1) is 22.2 Å². The van der Waals surface area contributed by atoms with Gasteiger partial charge in [-0.1, -0.05) is 40.2 Å². The predicted molar refractivity (Wildman–Crippen MR) is 56.2 cm³/mol. The van der Waals surface area contributed by atoms with Crippen LogP contribution in [0.2, 0.25) is 0 Å². The molecule has 1 aromatic rings. The molecule has 0 atom stereocenters. The van der Waals surface area contributed by atoms with Crippen LogP contribution in [0.15, 0.2) is 24.3 Å². The topological polar surface area (TPSA) is 0 Å². The maximum atomic E-state index is 5.83. The molecule has 0 saturated heterocycles. The van der Waals surface area contributed by atoms with Crippen molar-refractivity contribution in [1.29, 1.82) is 0 Å². The van der Waals surface area contributed by atoms with Crippen molar-refractivity contribution in [1.82, 2.24) is 0 Å². The second kappa shape index (κ2) is 4.50. The number of halogens is 3. The maximum absolute atomic E-state index is 5.83. The molecular formula is C7H6BrCl2Si. The Balaban J connectivity index is 3.02. The SMILES string of the molecule is Cl[Si](Cl)c1ccccc1CBr. The van der Waals surface area contributed by atoms with Gasteiger partial charge in [0.25, 0.3) is 0 Å². The molecule has 0 aliphatic heterocycles. The lowest BCUT2D eigenvalue weighted by Gasteiger charge is -2.03. The maximum Gasteiger partial charge on any atom is 0.307 e. The summed E-state index contributed by atoms with van der Waals surface area (Å²) >= 11 is 15.0. The number of rotatable bonds is 2. The van der Waals surface area contributed by atoms with Gasteiger partial charge in [0.15, 0.2) is 0 Å². The fourth-order valence-electron chi connectivity index (χ4n) is 0.821. The molecule has 0 bridgehead atoms. The van der Waals surface area contributed by atoms with Crippen LogP contribution >= 0.6 is 38.1 Å². The summed E-state index contributed by atoms with van der Waals surface area (Å²) in [7, 11) is -1.34. The highest BCUT2D eigenvalue weighted by atomic mass is 79.9. The first-order chi connectivity index (χ1) is 5.25. The van der Waals surface area contributed by atoms with E-state index in [0.717, 1.165) is 10.5 Å². The molecule has 59 valence electrons. The molecule has 0 amide bonds. The van der Waals surface area contributed by atoms with Gasteiger partial charge in [-0.2, -0.15) is 0 Å². The van der Waals surface area contributed by atoms with Crippen molar-refractivity contribution in [2.45, 2.75) is 5.33 Å². The van der Waals surface area contributed by atoms with Crippen LogP contribution in [0.25, 0.3) is 0 Å².